The fourth-order valence-electron chi connectivity index (χ4n) is 3.35. The lowest BCUT2D eigenvalue weighted by atomic mass is 9.80. The monoisotopic (exact) mass is 295 g/mol. The Morgan fingerprint density at radius 2 is 2.23 bits per heavy atom. The van der Waals surface area contributed by atoms with Crippen LogP contribution in [0.5, 0.6) is 0 Å². The molecule has 0 saturated heterocycles. The van der Waals surface area contributed by atoms with Gasteiger partial charge in [0.2, 0.25) is 5.91 Å². The third-order valence-electron chi connectivity index (χ3n) is 4.43. The molecule has 0 radical (unpaired) electrons. The van der Waals surface area contributed by atoms with E-state index in [2.05, 4.69) is 15.3 Å². The van der Waals surface area contributed by atoms with Crippen molar-refractivity contribution in [3.05, 3.63) is 53.0 Å². The van der Waals surface area contributed by atoms with Gasteiger partial charge in [0, 0.05) is 30.1 Å². The molecule has 6 nitrogen and oxygen atoms in total. The van der Waals surface area contributed by atoms with Gasteiger partial charge in [-0.15, -0.1) is 0 Å². The van der Waals surface area contributed by atoms with Gasteiger partial charge in [0.25, 0.3) is 0 Å². The highest BCUT2D eigenvalue weighted by molar-refractivity contribution is 6.06. The minimum atomic E-state index is -0.659. The van der Waals surface area contributed by atoms with Crippen LogP contribution in [-0.4, -0.2) is 29.0 Å². The minimum absolute atomic E-state index is 0.0566. The van der Waals surface area contributed by atoms with E-state index in [-0.39, 0.29) is 5.91 Å². The van der Waals surface area contributed by atoms with Crippen molar-refractivity contribution < 1.29 is 14.3 Å². The number of rotatable bonds is 1. The molecule has 22 heavy (non-hydrogen) atoms. The Hall–Kier alpha value is -2.76. The predicted octanol–water partition coefficient (Wildman–Crippen LogP) is 1.25. The summed E-state index contributed by atoms with van der Waals surface area (Å²) in [6.45, 7) is 0. The third kappa shape index (κ3) is 1.60. The average Bonchev–Trinajstić information content (AvgIpc) is 3.05. The molecule has 0 fully saturated rings. The Kier molecular flexibility index (Phi) is 2.57. The second-order valence-corrected chi connectivity index (χ2v) is 5.61. The number of carbonyl (C=O) groups is 2. The van der Waals surface area contributed by atoms with Crippen LogP contribution in [0.4, 0.5) is 5.82 Å². The highest BCUT2D eigenvalue weighted by Crippen LogP contribution is 2.45. The number of ether oxygens (including phenoxy) is 1. The van der Waals surface area contributed by atoms with E-state index in [1.807, 2.05) is 12.1 Å². The van der Waals surface area contributed by atoms with Crippen LogP contribution in [0.25, 0.3) is 0 Å². The van der Waals surface area contributed by atoms with E-state index < -0.39 is 11.4 Å². The molecular formula is C16H13N3O3. The lowest BCUT2D eigenvalue weighted by Crippen LogP contribution is -2.35. The van der Waals surface area contributed by atoms with Gasteiger partial charge in [0.15, 0.2) is 0 Å². The topological polar surface area (TPSA) is 81.2 Å². The number of hydrogen-bond donors (Lipinski definition) is 1. The first kappa shape index (κ1) is 12.9. The first-order valence-corrected chi connectivity index (χ1v) is 6.97. The highest BCUT2D eigenvalue weighted by atomic mass is 16.5. The van der Waals surface area contributed by atoms with Gasteiger partial charge in [-0.25, -0.2) is 9.78 Å². The molecule has 3 heterocycles. The minimum Gasteiger partial charge on any atom is -0.465 e. The zero-order valence-corrected chi connectivity index (χ0v) is 11.9. The molecule has 1 spiro atoms. The summed E-state index contributed by atoms with van der Waals surface area (Å²) in [7, 11) is 1.34. The maximum atomic E-state index is 12.5. The summed E-state index contributed by atoms with van der Waals surface area (Å²) in [4.78, 5) is 32.7. The van der Waals surface area contributed by atoms with E-state index in [0.717, 1.165) is 16.8 Å². The number of nitrogens with zero attached hydrogens (tertiary/aromatic N) is 2. The molecule has 1 atom stereocenters. The van der Waals surface area contributed by atoms with Crippen LogP contribution in [0, 0.1) is 0 Å². The molecule has 0 bridgehead atoms. The van der Waals surface area contributed by atoms with Crippen molar-refractivity contribution in [2.75, 3.05) is 12.4 Å². The van der Waals surface area contributed by atoms with Gasteiger partial charge in [0.05, 0.1) is 18.1 Å². The molecule has 1 aliphatic carbocycles. The number of methoxy groups -OCH3 is 1. The smallest absolute Gasteiger partial charge is 0.339 e. The van der Waals surface area contributed by atoms with Crippen LogP contribution < -0.4 is 5.32 Å². The van der Waals surface area contributed by atoms with Gasteiger partial charge in [-0.3, -0.25) is 9.78 Å². The number of hydrogen-bond acceptors (Lipinski definition) is 5. The largest absolute Gasteiger partial charge is 0.465 e. The van der Waals surface area contributed by atoms with E-state index in [0.29, 0.717) is 24.2 Å². The Bertz CT molecular complexity index is 818. The van der Waals surface area contributed by atoms with Crippen molar-refractivity contribution in [3.63, 3.8) is 0 Å². The average molecular weight is 295 g/mol. The predicted molar refractivity (Wildman–Crippen MR) is 77.5 cm³/mol. The van der Waals surface area contributed by atoms with Crippen LogP contribution >= 0.6 is 0 Å². The van der Waals surface area contributed by atoms with Crippen molar-refractivity contribution in [3.8, 4) is 0 Å². The van der Waals surface area contributed by atoms with Gasteiger partial charge >= 0.3 is 5.97 Å². The lowest BCUT2D eigenvalue weighted by Gasteiger charge is -2.19. The highest BCUT2D eigenvalue weighted by Gasteiger charge is 2.51. The van der Waals surface area contributed by atoms with Crippen molar-refractivity contribution in [2.24, 2.45) is 0 Å². The molecule has 1 unspecified atom stereocenters. The Balaban J connectivity index is 1.79. The number of pyridine rings is 2. The van der Waals surface area contributed by atoms with E-state index in [1.54, 1.807) is 12.3 Å². The standard InChI is InChI=1S/C16H13N3O3/c1-22-14(20)10-5-9-6-16(7-12(9)18-8-10)11-3-2-4-17-13(11)19-15(16)21/h2-5,8H,6-7H2,1H3,(H,17,19,21). The fraction of sp³-hybridized carbons (Fsp3) is 0.250. The summed E-state index contributed by atoms with van der Waals surface area (Å²) in [5, 5.41) is 2.84. The van der Waals surface area contributed by atoms with E-state index >= 15 is 0 Å². The van der Waals surface area contributed by atoms with E-state index in [4.69, 9.17) is 4.74 Å². The molecule has 0 saturated carbocycles. The molecule has 2 aromatic heterocycles. The van der Waals surface area contributed by atoms with Gasteiger partial charge in [-0.2, -0.15) is 0 Å². The summed E-state index contributed by atoms with van der Waals surface area (Å²) in [6, 6.07) is 5.52. The van der Waals surface area contributed by atoms with E-state index in [1.165, 1.54) is 13.3 Å². The number of anilines is 1. The maximum Gasteiger partial charge on any atom is 0.339 e. The van der Waals surface area contributed by atoms with Crippen LogP contribution in [0.3, 0.4) is 0 Å². The molecule has 1 amide bonds. The molecule has 6 heteroatoms. The Morgan fingerprint density at radius 1 is 1.36 bits per heavy atom. The second kappa shape index (κ2) is 4.37. The summed E-state index contributed by atoms with van der Waals surface area (Å²) in [5.74, 6) is 0.140. The van der Waals surface area contributed by atoms with Crippen molar-refractivity contribution >= 4 is 17.7 Å². The van der Waals surface area contributed by atoms with Gasteiger partial charge < -0.3 is 10.1 Å². The number of aromatic nitrogens is 2. The fourth-order valence-corrected chi connectivity index (χ4v) is 3.35. The Morgan fingerprint density at radius 3 is 3.05 bits per heavy atom. The first-order chi connectivity index (χ1) is 10.6. The molecule has 1 N–H and O–H groups in total. The summed E-state index contributed by atoms with van der Waals surface area (Å²) in [6.07, 6.45) is 4.20. The summed E-state index contributed by atoms with van der Waals surface area (Å²) >= 11 is 0. The van der Waals surface area contributed by atoms with Crippen LogP contribution in [0.15, 0.2) is 30.6 Å². The van der Waals surface area contributed by atoms with E-state index in [9.17, 15) is 9.59 Å². The molecule has 2 aliphatic rings. The zero-order valence-electron chi connectivity index (χ0n) is 11.9. The zero-order chi connectivity index (χ0) is 15.3. The van der Waals surface area contributed by atoms with Crippen LogP contribution in [-0.2, 0) is 27.8 Å². The third-order valence-corrected chi connectivity index (χ3v) is 4.43. The Labute approximate surface area is 126 Å². The SMILES string of the molecule is COC(=O)c1cnc2c(c1)CC1(C2)C(=O)Nc2ncccc21. The van der Waals surface area contributed by atoms with Crippen molar-refractivity contribution in [1.82, 2.24) is 9.97 Å². The number of esters is 1. The van der Waals surface area contributed by atoms with Crippen LogP contribution in [0.1, 0.15) is 27.2 Å². The number of nitrogens with one attached hydrogen (secondary N) is 1. The first-order valence-electron chi connectivity index (χ1n) is 6.97. The lowest BCUT2D eigenvalue weighted by molar-refractivity contribution is -0.120. The molecule has 0 aromatic carbocycles. The van der Waals surface area contributed by atoms with Gasteiger partial charge in [0.1, 0.15) is 5.82 Å². The number of fused-ring (bicyclic) bond motifs is 3. The van der Waals surface area contributed by atoms with Crippen molar-refractivity contribution in [1.29, 1.82) is 0 Å². The number of amides is 1. The second-order valence-electron chi connectivity index (χ2n) is 5.61. The van der Waals surface area contributed by atoms with Gasteiger partial charge in [-0.1, -0.05) is 6.07 Å². The molecule has 1 aliphatic heterocycles. The molecule has 110 valence electrons. The quantitative estimate of drug-likeness (QED) is 0.801. The van der Waals surface area contributed by atoms with Gasteiger partial charge in [-0.05, 0) is 24.1 Å². The molecule has 2 aromatic rings. The molecular weight excluding hydrogens is 282 g/mol. The normalized spacial score (nSPS) is 21.4. The molecule has 4 rings (SSSR count). The van der Waals surface area contributed by atoms with Crippen LogP contribution in [0.2, 0.25) is 0 Å². The summed E-state index contributed by atoms with van der Waals surface area (Å²) < 4.78 is 4.72. The summed E-state index contributed by atoms with van der Waals surface area (Å²) in [5.41, 5.74) is 2.41. The maximum absolute atomic E-state index is 12.5. The number of carbonyl (C=O) groups excluding carboxylic acids is 2. The van der Waals surface area contributed by atoms with Crippen molar-refractivity contribution in [2.45, 2.75) is 18.3 Å².